The lowest BCUT2D eigenvalue weighted by atomic mass is 9.74. The number of likely N-dealkylation sites (tertiary alicyclic amines) is 1. The van der Waals surface area contributed by atoms with Crippen molar-refractivity contribution in [3.05, 3.63) is 0 Å². The van der Waals surface area contributed by atoms with Crippen LogP contribution in [0.25, 0.3) is 0 Å². The highest BCUT2D eigenvalue weighted by Gasteiger charge is 2.45. The van der Waals surface area contributed by atoms with Crippen molar-refractivity contribution in [1.29, 1.82) is 0 Å². The van der Waals surface area contributed by atoms with Gasteiger partial charge in [0.2, 0.25) is 0 Å². The van der Waals surface area contributed by atoms with Gasteiger partial charge in [0.15, 0.2) is 6.54 Å². The first-order valence-corrected chi connectivity index (χ1v) is 8.75. The van der Waals surface area contributed by atoms with Crippen LogP contribution in [-0.2, 0) is 4.74 Å². The highest BCUT2D eigenvalue weighted by molar-refractivity contribution is 5.60. The molecule has 0 spiro atoms. The summed E-state index contributed by atoms with van der Waals surface area (Å²) in [6, 6.07) is 0. The van der Waals surface area contributed by atoms with E-state index in [-0.39, 0.29) is 5.60 Å². The van der Waals surface area contributed by atoms with E-state index in [9.17, 15) is 0 Å². The van der Waals surface area contributed by atoms with Crippen LogP contribution in [0.4, 0.5) is 0 Å². The second-order valence-corrected chi connectivity index (χ2v) is 8.09. The monoisotopic (exact) mass is 298 g/mol. The lowest BCUT2D eigenvalue weighted by Gasteiger charge is -2.41. The van der Waals surface area contributed by atoms with E-state index in [1.807, 2.05) is 0 Å². The zero-order valence-electron chi connectivity index (χ0n) is 14.6. The lowest BCUT2D eigenvalue weighted by Crippen LogP contribution is -3.12. The van der Waals surface area contributed by atoms with Crippen LogP contribution in [-0.4, -0.2) is 65.2 Å². The number of hydrogen-bond acceptors (Lipinski definition) is 1. The Morgan fingerprint density at radius 1 is 1.24 bits per heavy atom. The molecule has 0 aromatic rings. The van der Waals surface area contributed by atoms with E-state index in [0.29, 0.717) is 5.41 Å². The molecule has 122 valence electrons. The van der Waals surface area contributed by atoms with Gasteiger partial charge >= 0.3 is 0 Å². The molecule has 0 aliphatic carbocycles. The molecule has 2 aliphatic heterocycles. The van der Waals surface area contributed by atoms with Crippen molar-refractivity contribution in [2.75, 3.05) is 53.4 Å². The van der Waals surface area contributed by atoms with Gasteiger partial charge in [-0.15, -0.1) is 0 Å². The summed E-state index contributed by atoms with van der Waals surface area (Å²) >= 11 is 0. The SMILES string of the molecule is C[NH+](C)CC[NH+]=C[C@]1(C[NH+]2CCCC2)CCOC(C)(C)C1. The molecule has 4 nitrogen and oxygen atoms in total. The molecular weight excluding hydrogens is 262 g/mol. The minimum atomic E-state index is 0.0163. The van der Waals surface area contributed by atoms with Crippen molar-refractivity contribution >= 4 is 6.21 Å². The third-order valence-electron chi connectivity index (χ3n) is 4.96. The van der Waals surface area contributed by atoms with Gasteiger partial charge in [0.05, 0.1) is 39.3 Å². The van der Waals surface area contributed by atoms with Crippen LogP contribution in [0.1, 0.15) is 39.5 Å². The fraction of sp³-hybridized carbons (Fsp3) is 0.941. The maximum atomic E-state index is 5.97. The molecule has 0 aromatic carbocycles. The molecule has 21 heavy (non-hydrogen) atoms. The molecule has 3 N–H and O–H groups in total. The molecule has 0 unspecified atom stereocenters. The van der Waals surface area contributed by atoms with Crippen molar-refractivity contribution in [3.8, 4) is 0 Å². The molecule has 0 radical (unpaired) electrons. The predicted octanol–water partition coefficient (Wildman–Crippen LogP) is -2.46. The first-order chi connectivity index (χ1) is 9.91. The quantitative estimate of drug-likeness (QED) is 0.467. The largest absolute Gasteiger partial charge is 0.375 e. The molecule has 2 heterocycles. The summed E-state index contributed by atoms with van der Waals surface area (Å²) < 4.78 is 5.97. The second kappa shape index (κ2) is 7.21. The summed E-state index contributed by atoms with van der Waals surface area (Å²) in [5.74, 6) is 0. The fourth-order valence-electron chi connectivity index (χ4n) is 4.00. The molecule has 0 bridgehead atoms. The summed E-state index contributed by atoms with van der Waals surface area (Å²) in [5, 5.41) is 0. The van der Waals surface area contributed by atoms with E-state index in [1.54, 1.807) is 4.90 Å². The molecule has 2 rings (SSSR count). The van der Waals surface area contributed by atoms with Gasteiger partial charge in [-0.2, -0.15) is 0 Å². The number of quaternary nitrogens is 2. The Morgan fingerprint density at radius 3 is 2.57 bits per heavy atom. The van der Waals surface area contributed by atoms with Gasteiger partial charge in [-0.25, -0.2) is 4.99 Å². The maximum absolute atomic E-state index is 5.97. The lowest BCUT2D eigenvalue weighted by molar-refractivity contribution is -0.893. The third-order valence-corrected chi connectivity index (χ3v) is 4.96. The van der Waals surface area contributed by atoms with Crippen LogP contribution in [0, 0.1) is 5.41 Å². The zero-order chi connectivity index (χ0) is 15.3. The summed E-state index contributed by atoms with van der Waals surface area (Å²) in [6.07, 6.45) is 7.56. The summed E-state index contributed by atoms with van der Waals surface area (Å²) in [7, 11) is 4.42. The topological polar surface area (TPSA) is 32.1 Å². The Morgan fingerprint density at radius 2 is 1.95 bits per heavy atom. The molecule has 4 heteroatoms. The van der Waals surface area contributed by atoms with Crippen LogP contribution in [0.3, 0.4) is 0 Å². The van der Waals surface area contributed by atoms with Gasteiger partial charge < -0.3 is 14.5 Å². The number of rotatable bonds is 6. The van der Waals surface area contributed by atoms with Crippen LogP contribution < -0.4 is 14.8 Å². The first kappa shape index (κ1) is 16.9. The van der Waals surface area contributed by atoms with Gasteiger partial charge in [-0.05, 0) is 26.7 Å². The predicted molar refractivity (Wildman–Crippen MR) is 86.1 cm³/mol. The number of nitrogens with one attached hydrogen (secondary N) is 3. The van der Waals surface area contributed by atoms with E-state index in [0.717, 1.165) is 19.6 Å². The Kier molecular flexibility index (Phi) is 5.81. The second-order valence-electron chi connectivity index (χ2n) is 8.09. The van der Waals surface area contributed by atoms with Gasteiger partial charge in [-0.1, -0.05) is 0 Å². The molecule has 2 fully saturated rings. The Hall–Kier alpha value is -0.450. The van der Waals surface area contributed by atoms with Gasteiger partial charge in [0.1, 0.15) is 18.2 Å². The van der Waals surface area contributed by atoms with Crippen molar-refractivity contribution in [2.24, 2.45) is 5.41 Å². The molecule has 2 aliphatic rings. The smallest absolute Gasteiger partial charge is 0.189 e. The van der Waals surface area contributed by atoms with E-state index >= 15 is 0 Å². The van der Waals surface area contributed by atoms with Crippen molar-refractivity contribution in [1.82, 2.24) is 0 Å². The van der Waals surface area contributed by atoms with E-state index in [4.69, 9.17) is 4.74 Å². The van der Waals surface area contributed by atoms with Crippen LogP contribution >= 0.6 is 0 Å². The molecule has 0 aromatic heterocycles. The van der Waals surface area contributed by atoms with Crippen LogP contribution in [0.2, 0.25) is 0 Å². The number of ether oxygens (including phenoxy) is 1. The average molecular weight is 298 g/mol. The van der Waals surface area contributed by atoms with Gasteiger partial charge in [-0.3, -0.25) is 0 Å². The summed E-state index contributed by atoms with van der Waals surface area (Å²) in [6.45, 7) is 11.6. The molecule has 2 saturated heterocycles. The Balaban J connectivity index is 2.01. The van der Waals surface area contributed by atoms with Crippen molar-refractivity contribution in [3.63, 3.8) is 0 Å². The van der Waals surface area contributed by atoms with Crippen LogP contribution in [0.15, 0.2) is 0 Å². The average Bonchev–Trinajstić information content (AvgIpc) is 2.86. The van der Waals surface area contributed by atoms with Crippen LogP contribution in [0.5, 0.6) is 0 Å². The summed E-state index contributed by atoms with van der Waals surface area (Å²) in [4.78, 5) is 6.92. The Bertz CT molecular complexity index is 348. The molecule has 0 saturated carbocycles. The zero-order valence-corrected chi connectivity index (χ0v) is 14.6. The highest BCUT2D eigenvalue weighted by Crippen LogP contribution is 2.36. The van der Waals surface area contributed by atoms with Crippen molar-refractivity contribution in [2.45, 2.75) is 45.1 Å². The minimum Gasteiger partial charge on any atom is -0.375 e. The standard InChI is InChI=1S/C17H33N3O/c1-16(2)13-17(7-12-21-16,14-18-8-11-19(3)4)15-20-9-5-6-10-20/h14H,5-13,15H2,1-4H3/p+3/t17-/m0/s1. The minimum absolute atomic E-state index is 0.0163. The fourth-order valence-corrected chi connectivity index (χ4v) is 4.00. The van der Waals surface area contributed by atoms with Gasteiger partial charge in [0, 0.05) is 19.4 Å². The molecular formula is C17H36N3O+3. The number of hydrogen-bond donors (Lipinski definition) is 3. The highest BCUT2D eigenvalue weighted by atomic mass is 16.5. The molecule has 1 atom stereocenters. The summed E-state index contributed by atoms with van der Waals surface area (Å²) in [5.41, 5.74) is 0.325. The normalized spacial score (nSPS) is 30.5. The number of likely N-dealkylation sites (N-methyl/N-ethyl adjacent to an activating group) is 1. The third kappa shape index (κ3) is 5.35. The first-order valence-electron chi connectivity index (χ1n) is 8.75. The Labute approximate surface area is 130 Å². The van der Waals surface area contributed by atoms with E-state index < -0.39 is 0 Å². The van der Waals surface area contributed by atoms with E-state index in [2.05, 4.69) is 39.1 Å². The molecule has 0 amide bonds. The van der Waals surface area contributed by atoms with Crippen molar-refractivity contribution < 1.29 is 19.5 Å². The van der Waals surface area contributed by atoms with E-state index in [1.165, 1.54) is 50.3 Å². The maximum Gasteiger partial charge on any atom is 0.189 e. The van der Waals surface area contributed by atoms with Gasteiger partial charge in [0.25, 0.3) is 0 Å².